The number of rotatable bonds is 3. The lowest BCUT2D eigenvalue weighted by atomic mass is 9.68. The third kappa shape index (κ3) is 2.96. The lowest BCUT2D eigenvalue weighted by Gasteiger charge is -2.46. The summed E-state index contributed by atoms with van der Waals surface area (Å²) in [6, 6.07) is 0. The number of nitrogens with zero attached hydrogens (tertiary/aromatic N) is 1. The molecule has 19 heavy (non-hydrogen) atoms. The normalized spacial score (nSPS) is 26.2. The van der Waals surface area contributed by atoms with Crippen LogP contribution in [-0.2, 0) is 4.79 Å². The highest BCUT2D eigenvalue weighted by Gasteiger charge is 2.40. The molecule has 110 valence electrons. The van der Waals surface area contributed by atoms with Gasteiger partial charge in [0.05, 0.1) is 5.41 Å². The van der Waals surface area contributed by atoms with Crippen LogP contribution >= 0.6 is 0 Å². The highest BCUT2D eigenvalue weighted by atomic mass is 16.2. The summed E-state index contributed by atoms with van der Waals surface area (Å²) in [4.78, 5) is 14.7. The molecule has 2 fully saturated rings. The van der Waals surface area contributed by atoms with Gasteiger partial charge in [-0.05, 0) is 44.4 Å². The van der Waals surface area contributed by atoms with E-state index in [0.29, 0.717) is 12.0 Å². The third-order valence-electron chi connectivity index (χ3n) is 5.77. The first-order valence-corrected chi connectivity index (χ1v) is 8.05. The molecule has 1 saturated heterocycles. The van der Waals surface area contributed by atoms with Crippen molar-refractivity contribution in [3.8, 4) is 0 Å². The fraction of sp³-hybridized carbons (Fsp3) is 0.938. The molecule has 3 heteroatoms. The maximum atomic E-state index is 12.6. The van der Waals surface area contributed by atoms with Gasteiger partial charge in [0.25, 0.3) is 0 Å². The van der Waals surface area contributed by atoms with Crippen molar-refractivity contribution in [1.29, 1.82) is 0 Å². The Kier molecular flexibility index (Phi) is 4.54. The minimum Gasteiger partial charge on any atom is -0.342 e. The van der Waals surface area contributed by atoms with Crippen molar-refractivity contribution in [2.24, 2.45) is 16.6 Å². The Morgan fingerprint density at radius 1 is 1.16 bits per heavy atom. The summed E-state index contributed by atoms with van der Waals surface area (Å²) >= 11 is 0. The second-order valence-corrected chi connectivity index (χ2v) is 6.97. The Morgan fingerprint density at radius 2 is 1.74 bits per heavy atom. The van der Waals surface area contributed by atoms with E-state index >= 15 is 0 Å². The zero-order valence-corrected chi connectivity index (χ0v) is 12.7. The van der Waals surface area contributed by atoms with Crippen LogP contribution in [0.25, 0.3) is 0 Å². The molecular weight excluding hydrogens is 236 g/mol. The maximum Gasteiger partial charge on any atom is 0.229 e. The first-order valence-electron chi connectivity index (χ1n) is 8.05. The Bertz CT molecular complexity index is 307. The summed E-state index contributed by atoms with van der Waals surface area (Å²) in [5.41, 5.74) is 6.03. The minimum absolute atomic E-state index is 0.281. The number of carbonyl (C=O) groups is 1. The molecule has 0 radical (unpaired) electrons. The number of nitrogens with two attached hydrogens (primary N) is 1. The van der Waals surface area contributed by atoms with Gasteiger partial charge in [0.15, 0.2) is 0 Å². The van der Waals surface area contributed by atoms with Crippen molar-refractivity contribution >= 4 is 5.91 Å². The van der Waals surface area contributed by atoms with E-state index in [1.807, 2.05) is 6.92 Å². The van der Waals surface area contributed by atoms with Crippen LogP contribution in [0.3, 0.4) is 0 Å². The predicted octanol–water partition coefficient (Wildman–Crippen LogP) is 2.93. The Balaban J connectivity index is 1.94. The smallest absolute Gasteiger partial charge is 0.229 e. The van der Waals surface area contributed by atoms with Crippen molar-refractivity contribution in [3.05, 3.63) is 0 Å². The molecule has 0 bridgehead atoms. The Labute approximate surface area is 117 Å². The van der Waals surface area contributed by atoms with Gasteiger partial charge in [0.2, 0.25) is 5.91 Å². The molecule has 0 aromatic carbocycles. The van der Waals surface area contributed by atoms with E-state index in [4.69, 9.17) is 5.73 Å². The third-order valence-corrected chi connectivity index (χ3v) is 5.77. The van der Waals surface area contributed by atoms with Crippen LogP contribution in [0.1, 0.15) is 65.2 Å². The summed E-state index contributed by atoms with van der Waals surface area (Å²) in [5.74, 6) is 0.281. The molecule has 1 heterocycles. The van der Waals surface area contributed by atoms with Crippen molar-refractivity contribution in [3.63, 3.8) is 0 Å². The molecular formula is C16H30N2O. The minimum atomic E-state index is -0.350. The molecule has 1 atom stereocenters. The topological polar surface area (TPSA) is 46.3 Å². The van der Waals surface area contributed by atoms with E-state index in [2.05, 4.69) is 11.8 Å². The van der Waals surface area contributed by atoms with Crippen LogP contribution in [0, 0.1) is 10.8 Å². The summed E-state index contributed by atoms with van der Waals surface area (Å²) in [5, 5.41) is 0. The summed E-state index contributed by atoms with van der Waals surface area (Å²) in [6.45, 7) is 6.45. The standard InChI is InChI=1S/C16H30N2O/c1-3-15(2,13-17)14(19)18-11-9-16(10-12-18)7-5-4-6-8-16/h3-13,17H2,1-2H3. The zero-order valence-electron chi connectivity index (χ0n) is 12.7. The number of amides is 1. The van der Waals surface area contributed by atoms with E-state index in [9.17, 15) is 4.79 Å². The van der Waals surface area contributed by atoms with Gasteiger partial charge in [-0.1, -0.05) is 26.2 Å². The van der Waals surface area contributed by atoms with E-state index in [1.54, 1.807) is 0 Å². The van der Waals surface area contributed by atoms with Gasteiger partial charge in [-0.15, -0.1) is 0 Å². The molecule has 3 nitrogen and oxygen atoms in total. The van der Waals surface area contributed by atoms with Crippen LogP contribution in [-0.4, -0.2) is 30.4 Å². The van der Waals surface area contributed by atoms with E-state index in [-0.39, 0.29) is 11.3 Å². The highest BCUT2D eigenvalue weighted by Crippen LogP contribution is 2.45. The molecule has 1 amide bonds. The largest absolute Gasteiger partial charge is 0.342 e. The molecule has 2 N–H and O–H groups in total. The molecule has 1 saturated carbocycles. The van der Waals surface area contributed by atoms with E-state index in [0.717, 1.165) is 19.5 Å². The van der Waals surface area contributed by atoms with Gasteiger partial charge in [0, 0.05) is 19.6 Å². The highest BCUT2D eigenvalue weighted by molar-refractivity contribution is 5.82. The van der Waals surface area contributed by atoms with Gasteiger partial charge >= 0.3 is 0 Å². The molecule has 2 aliphatic rings. The van der Waals surface area contributed by atoms with Crippen molar-refractivity contribution < 1.29 is 4.79 Å². The van der Waals surface area contributed by atoms with Crippen LogP contribution in [0.4, 0.5) is 0 Å². The summed E-state index contributed by atoms with van der Waals surface area (Å²) < 4.78 is 0. The monoisotopic (exact) mass is 266 g/mol. The Hall–Kier alpha value is -0.570. The predicted molar refractivity (Wildman–Crippen MR) is 78.8 cm³/mol. The van der Waals surface area contributed by atoms with Crippen molar-refractivity contribution in [2.75, 3.05) is 19.6 Å². The van der Waals surface area contributed by atoms with E-state index < -0.39 is 0 Å². The van der Waals surface area contributed by atoms with Crippen LogP contribution in [0.2, 0.25) is 0 Å². The average molecular weight is 266 g/mol. The first-order chi connectivity index (χ1) is 9.05. The molecule has 1 unspecified atom stereocenters. The maximum absolute atomic E-state index is 12.6. The number of hydrogen-bond acceptors (Lipinski definition) is 2. The summed E-state index contributed by atoms with van der Waals surface area (Å²) in [7, 11) is 0. The quantitative estimate of drug-likeness (QED) is 0.853. The van der Waals surface area contributed by atoms with Gasteiger partial charge in [-0.2, -0.15) is 0 Å². The van der Waals surface area contributed by atoms with Crippen molar-refractivity contribution in [2.45, 2.75) is 65.2 Å². The molecule has 1 spiro atoms. The SMILES string of the molecule is CCC(C)(CN)C(=O)N1CCC2(CCCCC2)CC1. The molecule has 1 aliphatic carbocycles. The van der Waals surface area contributed by atoms with Gasteiger partial charge in [0.1, 0.15) is 0 Å². The fourth-order valence-corrected chi connectivity index (χ4v) is 3.75. The van der Waals surface area contributed by atoms with Crippen LogP contribution in [0.15, 0.2) is 0 Å². The number of carbonyl (C=O) groups excluding carboxylic acids is 1. The molecule has 2 rings (SSSR count). The van der Waals surface area contributed by atoms with Gasteiger partial charge in [-0.25, -0.2) is 0 Å². The first kappa shape index (κ1) is 14.8. The van der Waals surface area contributed by atoms with Gasteiger partial charge in [-0.3, -0.25) is 4.79 Å². The lowest BCUT2D eigenvalue weighted by Crippen LogP contribution is -2.51. The second-order valence-electron chi connectivity index (χ2n) is 6.97. The fourth-order valence-electron chi connectivity index (χ4n) is 3.75. The number of hydrogen-bond donors (Lipinski definition) is 1. The van der Waals surface area contributed by atoms with Gasteiger partial charge < -0.3 is 10.6 Å². The van der Waals surface area contributed by atoms with Crippen molar-refractivity contribution in [1.82, 2.24) is 4.90 Å². The zero-order chi connectivity index (χ0) is 13.9. The molecule has 1 aliphatic heterocycles. The summed E-state index contributed by atoms with van der Waals surface area (Å²) in [6.07, 6.45) is 10.2. The Morgan fingerprint density at radius 3 is 2.21 bits per heavy atom. The molecule has 0 aromatic heterocycles. The lowest BCUT2D eigenvalue weighted by molar-refractivity contribution is -0.143. The van der Waals surface area contributed by atoms with Crippen LogP contribution < -0.4 is 5.73 Å². The molecule has 0 aromatic rings. The average Bonchev–Trinajstić information content (AvgIpc) is 2.47. The second kappa shape index (κ2) is 5.82. The number of likely N-dealkylation sites (tertiary alicyclic amines) is 1. The van der Waals surface area contributed by atoms with E-state index in [1.165, 1.54) is 44.9 Å². The number of piperidine rings is 1. The van der Waals surface area contributed by atoms with Crippen LogP contribution in [0.5, 0.6) is 0 Å².